The van der Waals surface area contributed by atoms with Gasteiger partial charge in [0, 0.05) is 5.75 Å². The number of thioether (sulfide) groups is 1. The maximum Gasteiger partial charge on any atom is 0.266 e. The van der Waals surface area contributed by atoms with E-state index in [0.717, 1.165) is 23.7 Å². The van der Waals surface area contributed by atoms with Crippen LogP contribution in [0.5, 0.6) is 0 Å². The lowest BCUT2D eigenvalue weighted by molar-refractivity contribution is -0.301. The standard InChI is InChI=1S/C18H16N2O3S/c1-2-12-7-9-13(10-8-12)20-17(23)14-5-3-4-6-15(14)19-18(20)24-11-16(21)22/h3-10H,2,11H2,1H3,(H,21,22)/p-1. The predicted octanol–water partition coefficient (Wildman–Crippen LogP) is 1.79. The number of carboxylic acid groups (broad SMARTS) is 1. The van der Waals surface area contributed by atoms with Crippen LogP contribution in [0.3, 0.4) is 0 Å². The third-order valence-corrected chi connectivity index (χ3v) is 4.58. The highest BCUT2D eigenvalue weighted by Crippen LogP contribution is 2.21. The second-order valence-electron chi connectivity index (χ2n) is 5.23. The summed E-state index contributed by atoms with van der Waals surface area (Å²) in [6.07, 6.45) is 0.900. The molecule has 5 nitrogen and oxygen atoms in total. The molecule has 0 atom stereocenters. The molecule has 0 radical (unpaired) electrons. The molecule has 0 bridgehead atoms. The molecule has 0 N–H and O–H groups in total. The maximum absolute atomic E-state index is 12.9. The molecule has 0 aliphatic heterocycles. The van der Waals surface area contributed by atoms with Crippen LogP contribution in [0.25, 0.3) is 16.6 Å². The Bertz CT molecular complexity index is 949. The number of nitrogens with zero attached hydrogens (tertiary/aromatic N) is 2. The molecule has 0 saturated heterocycles. The van der Waals surface area contributed by atoms with Crippen LogP contribution in [0, 0.1) is 0 Å². The van der Waals surface area contributed by atoms with E-state index in [1.165, 1.54) is 4.57 Å². The highest BCUT2D eigenvalue weighted by molar-refractivity contribution is 7.99. The summed E-state index contributed by atoms with van der Waals surface area (Å²) < 4.78 is 1.45. The van der Waals surface area contributed by atoms with E-state index in [2.05, 4.69) is 11.9 Å². The molecule has 0 amide bonds. The van der Waals surface area contributed by atoms with E-state index in [-0.39, 0.29) is 11.3 Å². The molecular formula is C18H15N2O3S-. The van der Waals surface area contributed by atoms with Gasteiger partial charge >= 0.3 is 0 Å². The summed E-state index contributed by atoms with van der Waals surface area (Å²) in [5.41, 5.74) is 2.15. The molecule has 3 rings (SSSR count). The van der Waals surface area contributed by atoms with Crippen LogP contribution < -0.4 is 10.7 Å². The topological polar surface area (TPSA) is 75.0 Å². The summed E-state index contributed by atoms with van der Waals surface area (Å²) in [4.78, 5) is 28.2. The molecule has 1 heterocycles. The van der Waals surface area contributed by atoms with E-state index >= 15 is 0 Å². The lowest BCUT2D eigenvalue weighted by Crippen LogP contribution is -2.26. The second-order valence-corrected chi connectivity index (χ2v) is 6.18. The van der Waals surface area contributed by atoms with Gasteiger partial charge in [0.2, 0.25) is 0 Å². The number of hydrogen-bond donors (Lipinski definition) is 0. The minimum Gasteiger partial charge on any atom is -0.549 e. The van der Waals surface area contributed by atoms with Crippen LogP contribution in [0.1, 0.15) is 12.5 Å². The van der Waals surface area contributed by atoms with Gasteiger partial charge in [0.15, 0.2) is 5.16 Å². The molecule has 6 heteroatoms. The Morgan fingerprint density at radius 1 is 1.17 bits per heavy atom. The Balaban J connectivity index is 2.21. The first kappa shape index (κ1) is 16.3. The quantitative estimate of drug-likeness (QED) is 0.523. The number of benzene rings is 2. The van der Waals surface area contributed by atoms with Crippen molar-refractivity contribution in [3.8, 4) is 5.69 Å². The zero-order valence-electron chi connectivity index (χ0n) is 13.1. The Hall–Kier alpha value is -2.60. The van der Waals surface area contributed by atoms with E-state index in [9.17, 15) is 14.7 Å². The van der Waals surface area contributed by atoms with Crippen molar-refractivity contribution in [3.05, 3.63) is 64.4 Å². The number of carbonyl (C=O) groups is 1. The van der Waals surface area contributed by atoms with Gasteiger partial charge in [-0.2, -0.15) is 0 Å². The van der Waals surface area contributed by atoms with Crippen LogP contribution in [0.2, 0.25) is 0 Å². The zero-order valence-corrected chi connectivity index (χ0v) is 13.9. The van der Waals surface area contributed by atoms with Gasteiger partial charge in [-0.1, -0.05) is 43.0 Å². The summed E-state index contributed by atoms with van der Waals surface area (Å²) >= 11 is 0.979. The largest absolute Gasteiger partial charge is 0.549 e. The van der Waals surface area contributed by atoms with E-state index in [0.29, 0.717) is 21.7 Å². The minimum atomic E-state index is -1.20. The fourth-order valence-electron chi connectivity index (χ4n) is 2.44. The van der Waals surface area contributed by atoms with E-state index in [1.807, 2.05) is 24.3 Å². The average Bonchev–Trinajstić information content (AvgIpc) is 2.60. The number of hydrogen-bond acceptors (Lipinski definition) is 5. The van der Waals surface area contributed by atoms with Crippen molar-refractivity contribution >= 4 is 28.6 Å². The number of para-hydroxylation sites is 1. The average molecular weight is 339 g/mol. The van der Waals surface area contributed by atoms with E-state index in [1.54, 1.807) is 24.3 Å². The summed E-state index contributed by atoms with van der Waals surface area (Å²) in [6.45, 7) is 2.06. The molecule has 1 aromatic heterocycles. The predicted molar refractivity (Wildman–Crippen MR) is 92.4 cm³/mol. The molecule has 0 aliphatic carbocycles. The van der Waals surface area contributed by atoms with Crippen molar-refractivity contribution in [2.75, 3.05) is 5.75 Å². The first-order valence-corrected chi connectivity index (χ1v) is 8.52. The Labute approximate surface area is 143 Å². The fraction of sp³-hybridized carbons (Fsp3) is 0.167. The first-order valence-electron chi connectivity index (χ1n) is 7.54. The number of aryl methyl sites for hydroxylation is 1. The Morgan fingerprint density at radius 2 is 1.88 bits per heavy atom. The molecule has 24 heavy (non-hydrogen) atoms. The third kappa shape index (κ3) is 3.19. The molecule has 0 saturated carbocycles. The molecule has 0 unspecified atom stereocenters. The first-order chi connectivity index (χ1) is 11.6. The Kier molecular flexibility index (Phi) is 4.66. The van der Waals surface area contributed by atoms with Crippen LogP contribution in [-0.4, -0.2) is 21.3 Å². The van der Waals surface area contributed by atoms with Gasteiger partial charge in [-0.05, 0) is 36.2 Å². The van der Waals surface area contributed by atoms with Crippen molar-refractivity contribution in [2.24, 2.45) is 0 Å². The molecule has 0 fully saturated rings. The van der Waals surface area contributed by atoms with E-state index in [4.69, 9.17) is 0 Å². The van der Waals surface area contributed by atoms with Gasteiger partial charge in [-0.3, -0.25) is 9.36 Å². The number of carbonyl (C=O) groups excluding carboxylic acids is 1. The third-order valence-electron chi connectivity index (χ3n) is 3.67. The van der Waals surface area contributed by atoms with Crippen LogP contribution in [-0.2, 0) is 11.2 Å². The summed E-state index contributed by atoms with van der Waals surface area (Å²) in [5.74, 6) is -1.46. The van der Waals surface area contributed by atoms with Crippen molar-refractivity contribution < 1.29 is 9.90 Å². The molecule has 0 spiro atoms. The molecular weight excluding hydrogens is 324 g/mol. The normalized spacial score (nSPS) is 10.9. The molecule has 2 aromatic carbocycles. The van der Waals surface area contributed by atoms with Gasteiger partial charge in [0.1, 0.15) is 0 Å². The molecule has 122 valence electrons. The highest BCUT2D eigenvalue weighted by atomic mass is 32.2. The van der Waals surface area contributed by atoms with Crippen molar-refractivity contribution in [3.63, 3.8) is 0 Å². The number of aliphatic carboxylic acids is 1. The molecule has 0 aliphatic rings. The lowest BCUT2D eigenvalue weighted by atomic mass is 10.1. The van der Waals surface area contributed by atoms with Gasteiger partial charge < -0.3 is 9.90 Å². The van der Waals surface area contributed by atoms with Crippen molar-refractivity contribution in [1.29, 1.82) is 0 Å². The summed E-state index contributed by atoms with van der Waals surface area (Å²) in [7, 11) is 0. The lowest BCUT2D eigenvalue weighted by Gasteiger charge is -2.13. The SMILES string of the molecule is CCc1ccc(-n2c(SCC(=O)[O-])nc3ccccc3c2=O)cc1. The fourth-order valence-corrected chi connectivity index (χ4v) is 3.17. The van der Waals surface area contributed by atoms with Gasteiger partial charge in [-0.15, -0.1) is 0 Å². The monoisotopic (exact) mass is 339 g/mol. The summed E-state index contributed by atoms with van der Waals surface area (Å²) in [6, 6.07) is 14.6. The Morgan fingerprint density at radius 3 is 2.54 bits per heavy atom. The second kappa shape index (κ2) is 6.88. The van der Waals surface area contributed by atoms with Crippen molar-refractivity contribution in [1.82, 2.24) is 9.55 Å². The van der Waals surface area contributed by atoms with Crippen LogP contribution in [0.4, 0.5) is 0 Å². The minimum absolute atomic E-state index is 0.217. The van der Waals surface area contributed by atoms with Crippen molar-refractivity contribution in [2.45, 2.75) is 18.5 Å². The number of fused-ring (bicyclic) bond motifs is 1. The number of carboxylic acids is 1. The number of rotatable bonds is 5. The highest BCUT2D eigenvalue weighted by Gasteiger charge is 2.13. The van der Waals surface area contributed by atoms with E-state index < -0.39 is 5.97 Å². The van der Waals surface area contributed by atoms with Crippen LogP contribution >= 0.6 is 11.8 Å². The summed E-state index contributed by atoms with van der Waals surface area (Å²) in [5, 5.41) is 11.6. The van der Waals surface area contributed by atoms with Gasteiger partial charge in [-0.25, -0.2) is 4.98 Å². The maximum atomic E-state index is 12.9. The number of aromatic nitrogens is 2. The van der Waals surface area contributed by atoms with Crippen LogP contribution in [0.15, 0.2) is 58.5 Å². The van der Waals surface area contributed by atoms with Gasteiger partial charge in [0.05, 0.1) is 22.6 Å². The zero-order chi connectivity index (χ0) is 17.1. The molecule has 3 aromatic rings. The smallest absolute Gasteiger partial charge is 0.266 e. The van der Waals surface area contributed by atoms with Gasteiger partial charge in [0.25, 0.3) is 5.56 Å².